The van der Waals surface area contributed by atoms with Crippen LogP contribution in [0.4, 0.5) is 11.4 Å². The lowest BCUT2D eigenvalue weighted by atomic mass is 9.63. The van der Waals surface area contributed by atoms with E-state index in [-0.39, 0.29) is 11.7 Å². The second kappa shape index (κ2) is 8.65. The highest BCUT2D eigenvalue weighted by Gasteiger charge is 2.47. The van der Waals surface area contributed by atoms with E-state index >= 15 is 0 Å². The maximum absolute atomic E-state index is 12.9. The van der Waals surface area contributed by atoms with Gasteiger partial charge in [-0.25, -0.2) is 4.68 Å². The summed E-state index contributed by atoms with van der Waals surface area (Å²) in [5.74, 6) is 0. The molecule has 1 unspecified atom stereocenters. The van der Waals surface area contributed by atoms with Crippen LogP contribution >= 0.6 is 0 Å². The van der Waals surface area contributed by atoms with E-state index in [0.29, 0.717) is 5.41 Å². The molecule has 4 heterocycles. The Kier molecular flexibility index (Phi) is 5.68. The van der Waals surface area contributed by atoms with Crippen molar-refractivity contribution in [3.05, 3.63) is 53.3 Å². The molecule has 1 saturated heterocycles. The van der Waals surface area contributed by atoms with Crippen LogP contribution in [-0.2, 0) is 0 Å². The summed E-state index contributed by atoms with van der Waals surface area (Å²) in [6, 6.07) is 5.86. The van der Waals surface area contributed by atoms with E-state index < -0.39 is 0 Å². The van der Waals surface area contributed by atoms with Gasteiger partial charge in [0.05, 0.1) is 18.1 Å². The van der Waals surface area contributed by atoms with Crippen LogP contribution in [0, 0.1) is 5.41 Å². The van der Waals surface area contributed by atoms with Crippen molar-refractivity contribution in [2.24, 2.45) is 5.41 Å². The minimum absolute atomic E-state index is 0.0435. The van der Waals surface area contributed by atoms with Crippen LogP contribution in [0.15, 0.2) is 47.8 Å². The van der Waals surface area contributed by atoms with Gasteiger partial charge in [-0.1, -0.05) is 18.6 Å². The van der Waals surface area contributed by atoms with Gasteiger partial charge in [0.2, 0.25) is 0 Å². The van der Waals surface area contributed by atoms with Crippen LogP contribution in [0.3, 0.4) is 0 Å². The standard InChI is InChI=1S/C25H33N7O/c1-4-10-29(5-2)21-7-11-31(24(33)13-21)19(3)32-16-23(27-28-32)20-12-22(15-26-14-20)30-17-25(18-30)8-6-9-25/h7,11-16,19H,4-6,8-10,17-18H2,1-3H3. The summed E-state index contributed by atoms with van der Waals surface area (Å²) in [4.78, 5) is 21.9. The highest BCUT2D eigenvalue weighted by molar-refractivity contribution is 5.64. The van der Waals surface area contributed by atoms with Gasteiger partial charge in [-0.15, -0.1) is 5.10 Å². The summed E-state index contributed by atoms with van der Waals surface area (Å²) >= 11 is 0. The molecule has 3 aromatic rings. The third-order valence-electron chi connectivity index (χ3n) is 7.32. The van der Waals surface area contributed by atoms with Crippen molar-refractivity contribution in [3.63, 3.8) is 0 Å². The van der Waals surface area contributed by atoms with Crippen molar-refractivity contribution in [1.82, 2.24) is 24.5 Å². The van der Waals surface area contributed by atoms with Crippen molar-refractivity contribution in [1.29, 1.82) is 0 Å². The summed E-state index contributed by atoms with van der Waals surface area (Å²) in [5.41, 5.74) is 4.35. The van der Waals surface area contributed by atoms with Crippen molar-refractivity contribution in [3.8, 4) is 11.3 Å². The fourth-order valence-corrected chi connectivity index (χ4v) is 5.12. The summed E-state index contributed by atoms with van der Waals surface area (Å²) in [7, 11) is 0. The highest BCUT2D eigenvalue weighted by Crippen LogP contribution is 2.49. The van der Waals surface area contributed by atoms with Gasteiger partial charge in [0.1, 0.15) is 11.9 Å². The largest absolute Gasteiger partial charge is 0.372 e. The Labute approximate surface area is 194 Å². The lowest BCUT2D eigenvalue weighted by molar-refractivity contribution is 0.0904. The Balaban J connectivity index is 1.32. The smallest absolute Gasteiger partial charge is 0.254 e. The molecule has 1 saturated carbocycles. The highest BCUT2D eigenvalue weighted by atomic mass is 16.1. The molecule has 8 nitrogen and oxygen atoms in total. The molecule has 1 aliphatic heterocycles. The number of rotatable bonds is 8. The monoisotopic (exact) mass is 447 g/mol. The second-order valence-electron chi connectivity index (χ2n) is 9.57. The Bertz CT molecular complexity index is 1170. The van der Waals surface area contributed by atoms with Crippen molar-refractivity contribution >= 4 is 11.4 Å². The normalized spacial score (nSPS) is 17.5. The first-order valence-corrected chi connectivity index (χ1v) is 12.1. The van der Waals surface area contributed by atoms with Crippen molar-refractivity contribution in [2.45, 2.75) is 52.6 Å². The molecule has 1 aliphatic carbocycles. The molecule has 3 aromatic heterocycles. The molecule has 0 bridgehead atoms. The number of hydrogen-bond donors (Lipinski definition) is 0. The van der Waals surface area contributed by atoms with Gasteiger partial charge in [0.15, 0.2) is 0 Å². The molecule has 0 amide bonds. The maximum Gasteiger partial charge on any atom is 0.254 e. The Morgan fingerprint density at radius 3 is 2.67 bits per heavy atom. The number of nitrogens with zero attached hydrogens (tertiary/aromatic N) is 7. The van der Waals surface area contributed by atoms with E-state index in [9.17, 15) is 4.79 Å². The Morgan fingerprint density at radius 1 is 1.18 bits per heavy atom. The molecule has 1 spiro atoms. The topological polar surface area (TPSA) is 72.1 Å². The Hall–Kier alpha value is -3.16. The molecule has 1 atom stereocenters. The number of hydrogen-bond acceptors (Lipinski definition) is 6. The molecule has 5 rings (SSSR count). The lowest BCUT2D eigenvalue weighted by Crippen LogP contribution is -2.59. The van der Waals surface area contributed by atoms with E-state index in [1.807, 2.05) is 37.8 Å². The van der Waals surface area contributed by atoms with E-state index in [1.165, 1.54) is 19.3 Å². The third kappa shape index (κ3) is 4.03. The average molecular weight is 448 g/mol. The van der Waals surface area contributed by atoms with Crippen LogP contribution < -0.4 is 15.4 Å². The third-order valence-corrected chi connectivity index (χ3v) is 7.32. The quantitative estimate of drug-likeness (QED) is 0.523. The molecule has 0 N–H and O–H groups in total. The van der Waals surface area contributed by atoms with Crippen molar-refractivity contribution < 1.29 is 0 Å². The summed E-state index contributed by atoms with van der Waals surface area (Å²) in [5, 5.41) is 8.70. The molecule has 8 heteroatoms. The van der Waals surface area contributed by atoms with Gasteiger partial charge in [0.25, 0.3) is 5.56 Å². The van der Waals surface area contributed by atoms with Crippen LogP contribution in [0.1, 0.15) is 52.6 Å². The summed E-state index contributed by atoms with van der Waals surface area (Å²) in [6.45, 7) is 10.3. The summed E-state index contributed by atoms with van der Waals surface area (Å²) < 4.78 is 3.42. The number of aromatic nitrogens is 5. The van der Waals surface area contributed by atoms with E-state index in [0.717, 1.165) is 55.2 Å². The lowest BCUT2D eigenvalue weighted by Gasteiger charge is -2.56. The first-order valence-electron chi connectivity index (χ1n) is 12.1. The zero-order valence-electron chi connectivity index (χ0n) is 19.8. The second-order valence-corrected chi connectivity index (χ2v) is 9.57. The summed E-state index contributed by atoms with van der Waals surface area (Å²) in [6.07, 6.45) is 12.4. The van der Waals surface area contributed by atoms with Gasteiger partial charge in [0, 0.05) is 61.3 Å². The van der Waals surface area contributed by atoms with Gasteiger partial charge in [-0.2, -0.15) is 0 Å². The first kappa shape index (κ1) is 21.7. The molecular weight excluding hydrogens is 414 g/mol. The van der Waals surface area contributed by atoms with E-state index in [4.69, 9.17) is 0 Å². The number of pyridine rings is 2. The minimum atomic E-state index is -0.279. The maximum atomic E-state index is 12.9. The van der Waals surface area contributed by atoms with Gasteiger partial charge < -0.3 is 9.80 Å². The Morgan fingerprint density at radius 2 is 2.00 bits per heavy atom. The molecule has 2 aliphatic rings. The molecular formula is C25H33N7O. The van der Waals surface area contributed by atoms with E-state index in [2.05, 4.69) is 45.0 Å². The zero-order chi connectivity index (χ0) is 23.0. The van der Waals surface area contributed by atoms with Crippen LogP contribution in [0.25, 0.3) is 11.3 Å². The molecule has 0 radical (unpaired) electrons. The van der Waals surface area contributed by atoms with Crippen LogP contribution in [0.2, 0.25) is 0 Å². The van der Waals surface area contributed by atoms with Gasteiger partial charge >= 0.3 is 0 Å². The fraction of sp³-hybridized carbons (Fsp3) is 0.520. The molecule has 0 aromatic carbocycles. The first-order chi connectivity index (χ1) is 16.0. The molecule has 174 valence electrons. The minimum Gasteiger partial charge on any atom is -0.372 e. The van der Waals surface area contributed by atoms with Crippen molar-refractivity contribution in [2.75, 3.05) is 36.0 Å². The SMILES string of the molecule is CCCN(CC)c1ccn(C(C)n2cc(-c3cncc(N4CC5(CCC5)C4)c3)nn2)c(=O)c1. The van der Waals surface area contributed by atoms with Gasteiger partial charge in [-0.05, 0) is 45.2 Å². The predicted octanol–water partition coefficient (Wildman–Crippen LogP) is 3.80. The number of anilines is 2. The average Bonchev–Trinajstić information content (AvgIpc) is 3.26. The van der Waals surface area contributed by atoms with Crippen LogP contribution in [0.5, 0.6) is 0 Å². The molecule has 33 heavy (non-hydrogen) atoms. The van der Waals surface area contributed by atoms with E-state index in [1.54, 1.807) is 15.3 Å². The zero-order valence-corrected chi connectivity index (χ0v) is 19.8. The van der Waals surface area contributed by atoms with Crippen LogP contribution in [-0.4, -0.2) is 50.7 Å². The predicted molar refractivity (Wildman–Crippen MR) is 131 cm³/mol. The molecule has 2 fully saturated rings. The fourth-order valence-electron chi connectivity index (χ4n) is 5.12. The van der Waals surface area contributed by atoms with Gasteiger partial charge in [-0.3, -0.25) is 14.3 Å².